The summed E-state index contributed by atoms with van der Waals surface area (Å²) in [5.74, 6) is -2.08. The summed E-state index contributed by atoms with van der Waals surface area (Å²) >= 11 is 5.33. The van der Waals surface area contributed by atoms with Gasteiger partial charge in [0.1, 0.15) is 11.4 Å². The van der Waals surface area contributed by atoms with Crippen LogP contribution in [-0.2, 0) is 25.6 Å². The van der Waals surface area contributed by atoms with Crippen LogP contribution in [0.15, 0.2) is 28.5 Å². The molecule has 0 aliphatic carbocycles. The summed E-state index contributed by atoms with van der Waals surface area (Å²) in [7, 11) is 0. The fourth-order valence-corrected chi connectivity index (χ4v) is 5.00. The van der Waals surface area contributed by atoms with Gasteiger partial charge in [-0.25, -0.2) is 4.79 Å². The minimum absolute atomic E-state index is 0.000428. The van der Waals surface area contributed by atoms with E-state index in [-0.39, 0.29) is 17.9 Å². The normalized spacial score (nSPS) is 25.4. The molecular weight excluding hydrogens is 420 g/mol. The monoisotopic (exact) mass is 430 g/mol. The molecule has 1 saturated heterocycles. The SMILES string of the molecule is O=C(Cc1cccs1)NC1C(=O)N2C(C(=O)O)C(C(=O)Br)=CS[C@H]12. The van der Waals surface area contributed by atoms with Crippen molar-refractivity contribution >= 4 is 61.5 Å². The van der Waals surface area contributed by atoms with Gasteiger partial charge < -0.3 is 15.3 Å². The van der Waals surface area contributed by atoms with Crippen LogP contribution in [-0.4, -0.2) is 49.9 Å². The van der Waals surface area contributed by atoms with Crippen molar-refractivity contribution in [2.75, 3.05) is 0 Å². The van der Waals surface area contributed by atoms with E-state index in [0.717, 1.165) is 21.5 Å². The van der Waals surface area contributed by atoms with Gasteiger partial charge in [0.2, 0.25) is 16.5 Å². The summed E-state index contributed by atoms with van der Waals surface area (Å²) in [5.41, 5.74) is 0.000428. The Morgan fingerprint density at radius 2 is 2.12 bits per heavy atom. The van der Waals surface area contributed by atoms with Gasteiger partial charge in [0.05, 0.1) is 6.42 Å². The van der Waals surface area contributed by atoms with E-state index in [4.69, 9.17) is 0 Å². The highest BCUT2D eigenvalue weighted by molar-refractivity contribution is 9.18. The van der Waals surface area contributed by atoms with Crippen molar-refractivity contribution in [3.8, 4) is 0 Å². The third-order valence-electron chi connectivity index (χ3n) is 3.68. The number of carboxylic acid groups (broad SMARTS) is 1. The Hall–Kier alpha value is -1.65. The Balaban J connectivity index is 1.72. The largest absolute Gasteiger partial charge is 0.479 e. The number of carbonyl (C=O) groups excluding carboxylic acids is 3. The van der Waals surface area contributed by atoms with Crippen LogP contribution in [0.2, 0.25) is 0 Å². The molecule has 0 bridgehead atoms. The predicted octanol–water partition coefficient (Wildman–Crippen LogP) is 0.949. The quantitative estimate of drug-likeness (QED) is 0.532. The fourth-order valence-electron chi connectivity index (χ4n) is 2.60. The molecule has 0 spiro atoms. The van der Waals surface area contributed by atoms with Gasteiger partial charge in [-0.15, -0.1) is 23.1 Å². The summed E-state index contributed by atoms with van der Waals surface area (Å²) in [6.45, 7) is 0. The van der Waals surface area contributed by atoms with Gasteiger partial charge in [-0.05, 0) is 32.8 Å². The molecule has 1 aromatic rings. The zero-order chi connectivity index (χ0) is 17.4. The van der Waals surface area contributed by atoms with Crippen LogP contribution in [0.5, 0.6) is 0 Å². The fraction of sp³-hybridized carbons (Fsp3) is 0.286. The van der Waals surface area contributed by atoms with Gasteiger partial charge in [0, 0.05) is 10.5 Å². The van der Waals surface area contributed by atoms with Crippen molar-refractivity contribution in [3.05, 3.63) is 33.4 Å². The number of fused-ring (bicyclic) bond motifs is 1. The van der Waals surface area contributed by atoms with E-state index in [9.17, 15) is 24.3 Å². The molecule has 0 radical (unpaired) electrons. The molecule has 1 aromatic heterocycles. The van der Waals surface area contributed by atoms with Gasteiger partial charge in [-0.2, -0.15) is 0 Å². The lowest BCUT2D eigenvalue weighted by atomic mass is 9.98. The van der Waals surface area contributed by atoms with Crippen molar-refractivity contribution in [3.63, 3.8) is 0 Å². The molecule has 2 unspecified atom stereocenters. The maximum Gasteiger partial charge on any atom is 0.331 e. The molecule has 2 aliphatic rings. The second kappa shape index (κ2) is 6.69. The number of carbonyl (C=O) groups is 4. The molecule has 0 saturated carbocycles. The third-order valence-corrected chi connectivity index (χ3v) is 6.18. The number of amides is 2. The molecule has 2 aliphatic heterocycles. The number of halogens is 1. The van der Waals surface area contributed by atoms with Crippen LogP contribution in [0.1, 0.15) is 4.88 Å². The van der Waals surface area contributed by atoms with Crippen LogP contribution in [0, 0.1) is 0 Å². The zero-order valence-corrected chi connectivity index (χ0v) is 15.2. The predicted molar refractivity (Wildman–Crippen MR) is 91.6 cm³/mol. The highest BCUT2D eigenvalue weighted by Crippen LogP contribution is 2.40. The van der Waals surface area contributed by atoms with Gasteiger partial charge >= 0.3 is 5.97 Å². The Kier molecular flexibility index (Phi) is 4.79. The van der Waals surface area contributed by atoms with Crippen molar-refractivity contribution in [1.29, 1.82) is 0 Å². The zero-order valence-electron chi connectivity index (χ0n) is 12.0. The number of rotatable bonds is 5. The molecule has 7 nitrogen and oxygen atoms in total. The van der Waals surface area contributed by atoms with E-state index < -0.39 is 34.0 Å². The van der Waals surface area contributed by atoms with Crippen molar-refractivity contribution < 1.29 is 24.3 Å². The minimum atomic E-state index is -1.33. The molecule has 126 valence electrons. The number of β-lactam (4-membered cyclic amide) rings is 1. The first kappa shape index (κ1) is 17.2. The Morgan fingerprint density at radius 1 is 1.38 bits per heavy atom. The van der Waals surface area contributed by atoms with Crippen LogP contribution >= 0.6 is 39.0 Å². The van der Waals surface area contributed by atoms with E-state index in [1.165, 1.54) is 16.7 Å². The number of aliphatic carboxylic acids is 1. The molecule has 2 N–H and O–H groups in total. The summed E-state index contributed by atoms with van der Waals surface area (Å²) in [4.78, 5) is 49.3. The van der Waals surface area contributed by atoms with Crippen LogP contribution in [0.25, 0.3) is 0 Å². The summed E-state index contributed by atoms with van der Waals surface area (Å²) in [5, 5.41) is 14.7. The summed E-state index contributed by atoms with van der Waals surface area (Å²) < 4.78 is -0.571. The van der Waals surface area contributed by atoms with E-state index in [2.05, 4.69) is 21.2 Å². The Bertz CT molecular complexity index is 748. The topological polar surface area (TPSA) is 104 Å². The van der Waals surface area contributed by atoms with Crippen LogP contribution in [0.3, 0.4) is 0 Å². The smallest absolute Gasteiger partial charge is 0.331 e. The number of nitrogens with one attached hydrogen (secondary N) is 1. The van der Waals surface area contributed by atoms with E-state index in [0.29, 0.717) is 0 Å². The molecule has 2 amide bonds. The van der Waals surface area contributed by atoms with Gasteiger partial charge in [0.25, 0.3) is 0 Å². The number of hydrogen-bond acceptors (Lipinski definition) is 6. The standard InChI is InChI=1S/C14H11BrN2O5S2/c15-11(19)7-5-24-13-9(12(20)17(13)10(7)14(21)22)16-8(18)4-6-2-1-3-23-6/h1-3,5,9-10,13H,4H2,(H,16,18)(H,21,22)/t9?,10?,13-/m1/s1. The van der Waals surface area contributed by atoms with Gasteiger partial charge in [-0.1, -0.05) is 6.07 Å². The first-order valence-electron chi connectivity index (χ1n) is 6.82. The lowest BCUT2D eigenvalue weighted by molar-refractivity contribution is -0.160. The van der Waals surface area contributed by atoms with Crippen molar-refractivity contribution in [2.45, 2.75) is 23.9 Å². The molecule has 10 heteroatoms. The molecule has 24 heavy (non-hydrogen) atoms. The number of carboxylic acids is 1. The average Bonchev–Trinajstić information content (AvgIpc) is 3.03. The summed E-state index contributed by atoms with van der Waals surface area (Å²) in [6.07, 6.45) is 0.169. The highest BCUT2D eigenvalue weighted by atomic mass is 79.9. The lowest BCUT2D eigenvalue weighted by Crippen LogP contribution is -2.74. The molecule has 1 fully saturated rings. The van der Waals surface area contributed by atoms with E-state index >= 15 is 0 Å². The molecule has 0 aromatic carbocycles. The Morgan fingerprint density at radius 3 is 2.71 bits per heavy atom. The average molecular weight is 431 g/mol. The third kappa shape index (κ3) is 3.01. The second-order valence-corrected chi connectivity index (χ2v) is 7.90. The Labute approximate surface area is 153 Å². The van der Waals surface area contributed by atoms with Crippen LogP contribution in [0.4, 0.5) is 0 Å². The van der Waals surface area contributed by atoms with Gasteiger partial charge in [0.15, 0.2) is 6.04 Å². The van der Waals surface area contributed by atoms with Gasteiger partial charge in [-0.3, -0.25) is 14.4 Å². The number of nitrogens with zero attached hydrogens (tertiary/aromatic N) is 1. The first-order chi connectivity index (χ1) is 11.4. The highest BCUT2D eigenvalue weighted by Gasteiger charge is 2.56. The summed E-state index contributed by atoms with van der Waals surface area (Å²) in [6, 6.07) is 1.54. The van der Waals surface area contributed by atoms with E-state index in [1.54, 1.807) is 0 Å². The maximum atomic E-state index is 12.3. The van der Waals surface area contributed by atoms with E-state index in [1.807, 2.05) is 17.5 Å². The molecule has 3 heterocycles. The molecule has 3 atom stereocenters. The number of thioether (sulfide) groups is 1. The lowest BCUT2D eigenvalue weighted by Gasteiger charge is -2.50. The first-order valence-corrected chi connectivity index (χ1v) is 9.43. The number of hydrogen-bond donors (Lipinski definition) is 2. The minimum Gasteiger partial charge on any atom is -0.479 e. The number of thiophene rings is 1. The molecule has 3 rings (SSSR count). The maximum absolute atomic E-state index is 12.3. The van der Waals surface area contributed by atoms with Crippen molar-refractivity contribution in [1.82, 2.24) is 10.2 Å². The second-order valence-electron chi connectivity index (χ2n) is 5.16. The van der Waals surface area contributed by atoms with Crippen molar-refractivity contribution in [2.24, 2.45) is 0 Å². The van der Waals surface area contributed by atoms with Crippen LogP contribution < -0.4 is 5.32 Å². The molecular formula is C14H11BrN2O5S2.